The highest BCUT2D eigenvalue weighted by Crippen LogP contribution is 2.11. The molecule has 0 aliphatic carbocycles. The molecule has 7 nitrogen and oxygen atoms in total. The van der Waals surface area contributed by atoms with Gasteiger partial charge in [0.1, 0.15) is 12.3 Å². The summed E-state index contributed by atoms with van der Waals surface area (Å²) in [6.45, 7) is 10.7. The van der Waals surface area contributed by atoms with E-state index in [1.807, 2.05) is 12.1 Å². The van der Waals surface area contributed by atoms with Crippen LogP contribution in [0.2, 0.25) is 0 Å². The molecule has 0 aliphatic heterocycles. The van der Waals surface area contributed by atoms with Gasteiger partial charge in [-0.3, -0.25) is 4.79 Å². The summed E-state index contributed by atoms with van der Waals surface area (Å²) < 4.78 is 5.21. The Morgan fingerprint density at radius 3 is 2.35 bits per heavy atom. The largest absolute Gasteiger partial charge is 0.497 e. The number of ether oxygens (including phenoxy) is 1. The molecule has 178 valence electrons. The molecule has 8 heteroatoms. The van der Waals surface area contributed by atoms with Crippen molar-refractivity contribution >= 4 is 35.8 Å². The molecule has 0 bridgehead atoms. The van der Waals surface area contributed by atoms with Crippen LogP contribution in [-0.2, 0) is 11.2 Å². The molecule has 1 aromatic carbocycles. The maximum atomic E-state index is 11.9. The first-order chi connectivity index (χ1) is 14.4. The van der Waals surface area contributed by atoms with E-state index in [9.17, 15) is 4.79 Å². The van der Waals surface area contributed by atoms with Gasteiger partial charge in [-0.2, -0.15) is 0 Å². The Bertz CT molecular complexity index is 633. The summed E-state index contributed by atoms with van der Waals surface area (Å²) in [5.41, 5.74) is 1.22. The highest BCUT2D eigenvalue weighted by atomic mass is 127. The van der Waals surface area contributed by atoms with Crippen molar-refractivity contribution in [2.75, 3.05) is 53.9 Å². The SMILES string of the molecule is CCN(CC)CCCC(C)NC(=NCC(=O)N(C)C)NCCc1ccc(OC)cc1.I. The van der Waals surface area contributed by atoms with Crippen LogP contribution in [0.1, 0.15) is 39.2 Å². The third-order valence-corrected chi connectivity index (χ3v) is 5.13. The van der Waals surface area contributed by atoms with Crippen LogP contribution in [0.4, 0.5) is 0 Å². The van der Waals surface area contributed by atoms with Crippen LogP contribution in [0.25, 0.3) is 0 Å². The number of hydrogen-bond donors (Lipinski definition) is 2. The van der Waals surface area contributed by atoms with E-state index in [4.69, 9.17) is 4.74 Å². The summed E-state index contributed by atoms with van der Waals surface area (Å²) in [4.78, 5) is 20.4. The van der Waals surface area contributed by atoms with Crippen LogP contribution in [0.15, 0.2) is 29.3 Å². The van der Waals surface area contributed by atoms with Gasteiger partial charge in [-0.15, -0.1) is 24.0 Å². The Hall–Kier alpha value is -1.55. The number of hydrogen-bond acceptors (Lipinski definition) is 4. The zero-order valence-corrected chi connectivity index (χ0v) is 22.4. The molecule has 0 spiro atoms. The molecule has 31 heavy (non-hydrogen) atoms. The second-order valence-electron chi connectivity index (χ2n) is 7.69. The Kier molecular flexibility index (Phi) is 16.2. The Balaban J connectivity index is 0.00000900. The normalized spacial score (nSPS) is 12.2. The van der Waals surface area contributed by atoms with Gasteiger partial charge < -0.3 is 25.2 Å². The van der Waals surface area contributed by atoms with Crippen molar-refractivity contribution in [1.29, 1.82) is 0 Å². The maximum absolute atomic E-state index is 11.9. The minimum atomic E-state index is -0.0135. The van der Waals surface area contributed by atoms with E-state index in [0.29, 0.717) is 5.96 Å². The first kappa shape index (κ1) is 29.5. The lowest BCUT2D eigenvalue weighted by molar-refractivity contribution is -0.127. The van der Waals surface area contributed by atoms with Crippen molar-refractivity contribution in [3.63, 3.8) is 0 Å². The predicted molar refractivity (Wildman–Crippen MR) is 141 cm³/mol. The number of amides is 1. The molecule has 0 radical (unpaired) electrons. The van der Waals surface area contributed by atoms with Crippen LogP contribution in [0, 0.1) is 0 Å². The van der Waals surface area contributed by atoms with Crippen LogP contribution in [0.5, 0.6) is 5.75 Å². The topological polar surface area (TPSA) is 69.2 Å². The van der Waals surface area contributed by atoms with Gasteiger partial charge >= 0.3 is 0 Å². The molecule has 0 aliphatic rings. The number of nitrogens with one attached hydrogen (secondary N) is 2. The average molecular weight is 548 g/mol. The second-order valence-corrected chi connectivity index (χ2v) is 7.69. The van der Waals surface area contributed by atoms with Gasteiger partial charge in [0.15, 0.2) is 5.96 Å². The number of nitrogens with zero attached hydrogens (tertiary/aromatic N) is 3. The summed E-state index contributed by atoms with van der Waals surface area (Å²) >= 11 is 0. The number of carbonyl (C=O) groups is 1. The zero-order valence-electron chi connectivity index (χ0n) is 20.1. The van der Waals surface area contributed by atoms with E-state index in [0.717, 1.165) is 51.2 Å². The minimum Gasteiger partial charge on any atom is -0.497 e. The van der Waals surface area contributed by atoms with Crippen molar-refractivity contribution in [3.05, 3.63) is 29.8 Å². The zero-order chi connectivity index (χ0) is 22.4. The molecule has 2 N–H and O–H groups in total. The van der Waals surface area contributed by atoms with Crippen molar-refractivity contribution < 1.29 is 9.53 Å². The Labute approximate surface area is 206 Å². The first-order valence-electron chi connectivity index (χ1n) is 11.0. The fraction of sp³-hybridized carbons (Fsp3) is 0.652. The predicted octanol–water partition coefficient (Wildman–Crippen LogP) is 2.99. The van der Waals surface area contributed by atoms with Gasteiger partial charge in [-0.25, -0.2) is 4.99 Å². The van der Waals surface area contributed by atoms with E-state index < -0.39 is 0 Å². The fourth-order valence-corrected chi connectivity index (χ4v) is 3.02. The van der Waals surface area contributed by atoms with Gasteiger partial charge in [-0.05, 0) is 63.5 Å². The number of halogens is 1. The van der Waals surface area contributed by atoms with Crippen molar-refractivity contribution in [3.8, 4) is 5.75 Å². The lowest BCUT2D eigenvalue weighted by Gasteiger charge is -2.21. The number of guanidine groups is 1. The third kappa shape index (κ3) is 12.8. The van der Waals surface area contributed by atoms with E-state index in [2.05, 4.69) is 53.4 Å². The molecule has 0 heterocycles. The molecule has 1 aromatic rings. The second kappa shape index (κ2) is 17.1. The molecular formula is C23H42IN5O2. The van der Waals surface area contributed by atoms with Crippen molar-refractivity contribution in [2.24, 2.45) is 4.99 Å². The number of benzene rings is 1. The summed E-state index contributed by atoms with van der Waals surface area (Å²) in [6, 6.07) is 8.35. The summed E-state index contributed by atoms with van der Waals surface area (Å²) in [7, 11) is 5.17. The van der Waals surface area contributed by atoms with E-state index in [1.165, 1.54) is 5.56 Å². The smallest absolute Gasteiger partial charge is 0.243 e. The van der Waals surface area contributed by atoms with Crippen LogP contribution >= 0.6 is 24.0 Å². The minimum absolute atomic E-state index is 0. The van der Waals surface area contributed by atoms with Gasteiger partial charge in [0.2, 0.25) is 5.91 Å². The molecule has 1 amide bonds. The average Bonchev–Trinajstić information content (AvgIpc) is 2.75. The fourth-order valence-electron chi connectivity index (χ4n) is 3.02. The van der Waals surface area contributed by atoms with E-state index in [-0.39, 0.29) is 42.5 Å². The highest BCUT2D eigenvalue weighted by molar-refractivity contribution is 14.0. The summed E-state index contributed by atoms with van der Waals surface area (Å²) in [6.07, 6.45) is 3.05. The van der Waals surface area contributed by atoms with Crippen molar-refractivity contribution in [2.45, 2.75) is 46.1 Å². The number of carbonyl (C=O) groups excluding carboxylic acids is 1. The third-order valence-electron chi connectivity index (χ3n) is 5.13. The van der Waals surface area contributed by atoms with Gasteiger partial charge in [0.25, 0.3) is 0 Å². The number of likely N-dealkylation sites (N-methyl/N-ethyl adjacent to an activating group) is 1. The van der Waals surface area contributed by atoms with E-state index >= 15 is 0 Å². The Morgan fingerprint density at radius 1 is 1.16 bits per heavy atom. The molecule has 0 saturated carbocycles. The quantitative estimate of drug-likeness (QED) is 0.226. The van der Waals surface area contributed by atoms with Gasteiger partial charge in [0, 0.05) is 26.7 Å². The highest BCUT2D eigenvalue weighted by Gasteiger charge is 2.09. The lowest BCUT2D eigenvalue weighted by Crippen LogP contribution is -2.44. The van der Waals surface area contributed by atoms with E-state index in [1.54, 1.807) is 26.1 Å². The number of methoxy groups -OCH3 is 1. The Morgan fingerprint density at radius 2 is 1.81 bits per heavy atom. The molecule has 1 atom stereocenters. The molecule has 0 aromatic heterocycles. The maximum Gasteiger partial charge on any atom is 0.243 e. The first-order valence-corrected chi connectivity index (χ1v) is 11.0. The number of aliphatic imine (C=N–C) groups is 1. The number of rotatable bonds is 13. The molecule has 1 rings (SSSR count). The molecule has 0 saturated heterocycles. The van der Waals surface area contributed by atoms with Crippen LogP contribution < -0.4 is 15.4 Å². The lowest BCUT2D eigenvalue weighted by atomic mass is 10.1. The molecule has 1 unspecified atom stereocenters. The monoisotopic (exact) mass is 547 g/mol. The van der Waals surface area contributed by atoms with Gasteiger partial charge in [0.05, 0.1) is 7.11 Å². The van der Waals surface area contributed by atoms with Gasteiger partial charge in [-0.1, -0.05) is 26.0 Å². The standard InChI is InChI=1S/C23H41N5O2.HI/c1-7-28(8-2)17-9-10-19(3)26-23(25-18-22(29)27(4)5)24-16-15-20-11-13-21(30-6)14-12-20;/h11-14,19H,7-10,15-18H2,1-6H3,(H2,24,25,26);1H. The van der Waals surface area contributed by atoms with Crippen LogP contribution in [0.3, 0.4) is 0 Å². The summed E-state index contributed by atoms with van der Waals surface area (Å²) in [5, 5.41) is 6.83. The summed E-state index contributed by atoms with van der Waals surface area (Å²) in [5.74, 6) is 1.53. The molecule has 0 fully saturated rings. The molecular weight excluding hydrogens is 505 g/mol. The van der Waals surface area contributed by atoms with Crippen LogP contribution in [-0.4, -0.2) is 81.6 Å². The van der Waals surface area contributed by atoms with Crippen molar-refractivity contribution in [1.82, 2.24) is 20.4 Å².